The number of nitrogens with zero attached hydrogens (tertiary/aromatic N) is 2. The number of sulfonamides is 1. The molecule has 3 aromatic carbocycles. The number of aryl methyl sites for hydroxylation is 1. The van der Waals surface area contributed by atoms with Gasteiger partial charge in [-0.3, -0.25) is 13.9 Å². The first-order valence-corrected chi connectivity index (χ1v) is 14.6. The Kier molecular flexibility index (Phi) is 9.80. The lowest BCUT2D eigenvalue weighted by atomic mass is 10.0. The number of amides is 2. The maximum absolute atomic E-state index is 14.1. The van der Waals surface area contributed by atoms with Crippen LogP contribution in [0.25, 0.3) is 0 Å². The average molecular weight is 570 g/mol. The standard InChI is InChI=1S/C30H36ClN3O4S/c1-6-27(29(36)32-30(3,4)5)33(20-23-13-10-12-22(2)18-23)28(35)21-34(25-15-11-14-24(31)19-25)39(37,38)26-16-8-7-9-17-26/h7-19,27H,6,20-21H2,1-5H3,(H,32,36)/t27-/m0/s1. The van der Waals surface area contributed by atoms with E-state index in [9.17, 15) is 18.0 Å². The van der Waals surface area contributed by atoms with Gasteiger partial charge < -0.3 is 10.2 Å². The number of hydrogen-bond acceptors (Lipinski definition) is 4. The quantitative estimate of drug-likeness (QED) is 0.346. The predicted molar refractivity (Wildman–Crippen MR) is 156 cm³/mol. The molecule has 3 aromatic rings. The Labute approximate surface area is 236 Å². The summed E-state index contributed by atoms with van der Waals surface area (Å²) in [4.78, 5) is 28.9. The lowest BCUT2D eigenvalue weighted by Crippen LogP contribution is -2.55. The first-order chi connectivity index (χ1) is 18.3. The van der Waals surface area contributed by atoms with E-state index in [0.717, 1.165) is 15.4 Å². The van der Waals surface area contributed by atoms with Gasteiger partial charge in [-0.05, 0) is 70.0 Å². The van der Waals surface area contributed by atoms with Crippen LogP contribution in [0, 0.1) is 6.92 Å². The number of hydrogen-bond donors (Lipinski definition) is 1. The zero-order valence-corrected chi connectivity index (χ0v) is 24.6. The van der Waals surface area contributed by atoms with Gasteiger partial charge in [0.2, 0.25) is 11.8 Å². The van der Waals surface area contributed by atoms with Gasteiger partial charge in [-0.15, -0.1) is 0 Å². The van der Waals surface area contributed by atoms with E-state index in [1.54, 1.807) is 36.4 Å². The Morgan fingerprint density at radius 1 is 0.949 bits per heavy atom. The van der Waals surface area contributed by atoms with Crippen LogP contribution in [-0.2, 0) is 26.2 Å². The number of carbonyl (C=O) groups is 2. The van der Waals surface area contributed by atoms with E-state index in [-0.39, 0.29) is 23.0 Å². The molecule has 1 atom stereocenters. The topological polar surface area (TPSA) is 86.8 Å². The summed E-state index contributed by atoms with van der Waals surface area (Å²) in [5.41, 5.74) is 1.60. The number of halogens is 1. The van der Waals surface area contributed by atoms with Gasteiger partial charge in [-0.25, -0.2) is 8.42 Å². The van der Waals surface area contributed by atoms with Crippen molar-refractivity contribution in [3.63, 3.8) is 0 Å². The number of nitrogens with one attached hydrogen (secondary N) is 1. The second-order valence-corrected chi connectivity index (χ2v) is 12.8. The van der Waals surface area contributed by atoms with Crippen LogP contribution < -0.4 is 9.62 Å². The molecule has 39 heavy (non-hydrogen) atoms. The van der Waals surface area contributed by atoms with Gasteiger partial charge >= 0.3 is 0 Å². The van der Waals surface area contributed by atoms with Crippen molar-refractivity contribution >= 4 is 39.1 Å². The molecule has 0 heterocycles. The fourth-order valence-electron chi connectivity index (χ4n) is 4.26. The summed E-state index contributed by atoms with van der Waals surface area (Å²) in [6, 6.07) is 21.2. The van der Waals surface area contributed by atoms with Crippen LogP contribution in [0.2, 0.25) is 5.02 Å². The third-order valence-electron chi connectivity index (χ3n) is 6.03. The highest BCUT2D eigenvalue weighted by Crippen LogP contribution is 2.27. The van der Waals surface area contributed by atoms with E-state index in [1.807, 2.05) is 58.9 Å². The minimum Gasteiger partial charge on any atom is -0.350 e. The first-order valence-electron chi connectivity index (χ1n) is 12.8. The number of benzene rings is 3. The Bertz CT molecular complexity index is 1400. The maximum atomic E-state index is 14.1. The van der Waals surface area contributed by atoms with Gasteiger partial charge in [-0.1, -0.05) is 72.6 Å². The van der Waals surface area contributed by atoms with Gasteiger partial charge in [0.05, 0.1) is 10.6 Å². The van der Waals surface area contributed by atoms with Crippen LogP contribution in [0.1, 0.15) is 45.2 Å². The molecule has 0 aliphatic heterocycles. The van der Waals surface area contributed by atoms with Gasteiger partial charge in [-0.2, -0.15) is 0 Å². The lowest BCUT2D eigenvalue weighted by Gasteiger charge is -2.34. The van der Waals surface area contributed by atoms with Gasteiger partial charge in [0.25, 0.3) is 10.0 Å². The molecule has 9 heteroatoms. The molecule has 0 fully saturated rings. The van der Waals surface area contributed by atoms with Crippen molar-refractivity contribution < 1.29 is 18.0 Å². The van der Waals surface area contributed by atoms with E-state index in [2.05, 4.69) is 5.32 Å². The molecule has 0 unspecified atom stereocenters. The monoisotopic (exact) mass is 569 g/mol. The molecule has 208 valence electrons. The predicted octanol–water partition coefficient (Wildman–Crippen LogP) is 5.57. The summed E-state index contributed by atoms with van der Waals surface area (Å²) >= 11 is 6.21. The SMILES string of the molecule is CC[C@@H](C(=O)NC(C)(C)C)N(Cc1cccc(C)c1)C(=O)CN(c1cccc(Cl)c1)S(=O)(=O)c1ccccc1. The number of rotatable bonds is 10. The number of anilines is 1. The minimum absolute atomic E-state index is 0.0422. The van der Waals surface area contributed by atoms with Gasteiger partial charge in [0.1, 0.15) is 12.6 Å². The highest BCUT2D eigenvalue weighted by atomic mass is 35.5. The largest absolute Gasteiger partial charge is 0.350 e. The second kappa shape index (κ2) is 12.7. The van der Waals surface area contributed by atoms with E-state index < -0.39 is 34.1 Å². The Morgan fingerprint density at radius 3 is 2.21 bits per heavy atom. The zero-order valence-electron chi connectivity index (χ0n) is 23.0. The highest BCUT2D eigenvalue weighted by molar-refractivity contribution is 7.92. The summed E-state index contributed by atoms with van der Waals surface area (Å²) in [6.45, 7) is 9.03. The van der Waals surface area contributed by atoms with Crippen molar-refractivity contribution in [2.45, 2.75) is 64.1 Å². The van der Waals surface area contributed by atoms with Crippen molar-refractivity contribution in [2.75, 3.05) is 10.8 Å². The first kappa shape index (κ1) is 30.2. The van der Waals surface area contributed by atoms with Gasteiger partial charge in [0.15, 0.2) is 0 Å². The van der Waals surface area contributed by atoms with Crippen LogP contribution in [0.3, 0.4) is 0 Å². The fourth-order valence-corrected chi connectivity index (χ4v) is 5.87. The molecular weight excluding hydrogens is 534 g/mol. The van der Waals surface area contributed by atoms with Crippen molar-refractivity contribution in [3.8, 4) is 0 Å². The number of carbonyl (C=O) groups excluding carboxylic acids is 2. The van der Waals surface area contributed by atoms with Crippen molar-refractivity contribution in [1.82, 2.24) is 10.2 Å². The van der Waals surface area contributed by atoms with Crippen LogP contribution in [0.15, 0.2) is 83.8 Å². The van der Waals surface area contributed by atoms with Crippen LogP contribution in [-0.4, -0.2) is 43.3 Å². The van der Waals surface area contributed by atoms with Gasteiger partial charge in [0, 0.05) is 17.1 Å². The molecule has 0 aliphatic rings. The van der Waals surface area contributed by atoms with E-state index in [0.29, 0.717) is 11.4 Å². The van der Waals surface area contributed by atoms with E-state index in [1.165, 1.54) is 23.1 Å². The zero-order chi connectivity index (χ0) is 28.8. The molecule has 0 radical (unpaired) electrons. The average Bonchev–Trinajstić information content (AvgIpc) is 2.86. The molecule has 0 saturated heterocycles. The van der Waals surface area contributed by atoms with E-state index in [4.69, 9.17) is 11.6 Å². The summed E-state index contributed by atoms with van der Waals surface area (Å²) < 4.78 is 28.6. The van der Waals surface area contributed by atoms with Crippen LogP contribution in [0.4, 0.5) is 5.69 Å². The molecule has 3 rings (SSSR count). The fraction of sp³-hybridized carbons (Fsp3) is 0.333. The van der Waals surface area contributed by atoms with Crippen LogP contribution in [0.5, 0.6) is 0 Å². The van der Waals surface area contributed by atoms with E-state index >= 15 is 0 Å². The minimum atomic E-state index is -4.13. The maximum Gasteiger partial charge on any atom is 0.264 e. The Hall–Kier alpha value is -3.36. The summed E-state index contributed by atoms with van der Waals surface area (Å²) in [6.07, 6.45) is 0.349. The molecule has 0 spiro atoms. The van der Waals surface area contributed by atoms with Crippen molar-refractivity contribution in [3.05, 3.63) is 95.0 Å². The molecule has 2 amide bonds. The molecule has 0 aliphatic carbocycles. The lowest BCUT2D eigenvalue weighted by molar-refractivity contribution is -0.141. The Balaban J connectivity index is 2.07. The van der Waals surface area contributed by atoms with Crippen molar-refractivity contribution in [2.24, 2.45) is 0 Å². The second-order valence-electron chi connectivity index (χ2n) is 10.5. The summed E-state index contributed by atoms with van der Waals surface area (Å²) in [5.74, 6) is -0.807. The summed E-state index contributed by atoms with van der Waals surface area (Å²) in [7, 11) is -4.13. The van der Waals surface area contributed by atoms with Crippen LogP contribution >= 0.6 is 11.6 Å². The molecule has 0 aromatic heterocycles. The molecule has 7 nitrogen and oxygen atoms in total. The normalized spacial score (nSPS) is 12.5. The van der Waals surface area contributed by atoms with Crippen molar-refractivity contribution in [1.29, 1.82) is 0 Å². The third-order valence-corrected chi connectivity index (χ3v) is 8.05. The molecule has 0 bridgehead atoms. The molecule has 0 saturated carbocycles. The molecular formula is C30H36ClN3O4S. The smallest absolute Gasteiger partial charge is 0.264 e. The third kappa shape index (κ3) is 8.07. The summed E-state index contributed by atoms with van der Waals surface area (Å²) in [5, 5.41) is 3.30. The Morgan fingerprint density at radius 2 is 1.62 bits per heavy atom. The molecule has 1 N–H and O–H groups in total. The highest BCUT2D eigenvalue weighted by Gasteiger charge is 2.34.